The summed E-state index contributed by atoms with van der Waals surface area (Å²) in [5, 5.41) is 4.44. The average molecular weight is 348 g/mol. The van der Waals surface area contributed by atoms with E-state index in [1.807, 2.05) is 11.8 Å². The van der Waals surface area contributed by atoms with Gasteiger partial charge in [0.1, 0.15) is 5.76 Å². The number of hydrogen-bond donors (Lipinski definition) is 1. The van der Waals surface area contributed by atoms with E-state index in [-0.39, 0.29) is 6.23 Å². The summed E-state index contributed by atoms with van der Waals surface area (Å²) in [6.45, 7) is 1.18. The van der Waals surface area contributed by atoms with Crippen LogP contribution >= 0.6 is 11.8 Å². The van der Waals surface area contributed by atoms with Gasteiger partial charge in [0.2, 0.25) is 0 Å². The zero-order valence-electron chi connectivity index (χ0n) is 17.3. The molecule has 2 saturated heterocycles. The first-order valence-corrected chi connectivity index (χ1v) is 10.4. The van der Waals surface area contributed by atoms with E-state index in [0.29, 0.717) is 41.2 Å². The monoisotopic (exact) mass is 347 g/mol. The van der Waals surface area contributed by atoms with Gasteiger partial charge in [-0.15, -0.1) is 11.8 Å². The maximum atomic E-state index is 7.70. The Labute approximate surface area is 153 Å². The first kappa shape index (κ1) is 12.6. The first-order chi connectivity index (χ1) is 12.9. The lowest BCUT2D eigenvalue weighted by Gasteiger charge is -2.35. The number of ether oxygens (including phenoxy) is 1. The molecule has 3 nitrogen and oxygen atoms in total. The lowest BCUT2D eigenvalue weighted by Crippen LogP contribution is -2.42. The molecule has 2 fully saturated rings. The Hall–Kier alpha value is -0.740. The van der Waals surface area contributed by atoms with Gasteiger partial charge < -0.3 is 10.1 Å². The molecule has 4 heterocycles. The van der Waals surface area contributed by atoms with Crippen molar-refractivity contribution in [1.29, 1.82) is 0 Å². The van der Waals surface area contributed by atoms with E-state index in [4.69, 9.17) is 8.85 Å². The third kappa shape index (κ3) is 2.40. The standard InChI is InChI=1S/C20H28N2OS/c1-11-6-7-14-13-4-3-5-15(19(13)23-20(14)22-11)18-16-10-12(2)24-17(16)8-9-21-18/h8,12-14,16,18,20-21H,3-7,9-10H2,1-2H3/t12-,13?,14?,16?,18+,20?/m1/s1/i1D3. The van der Waals surface area contributed by atoms with Crippen LogP contribution in [0, 0.1) is 17.8 Å². The molecule has 0 aromatic rings. The van der Waals surface area contributed by atoms with Gasteiger partial charge in [0.15, 0.2) is 6.23 Å². The molecule has 0 aromatic carbocycles. The van der Waals surface area contributed by atoms with Gasteiger partial charge in [-0.3, -0.25) is 4.99 Å². The van der Waals surface area contributed by atoms with Gasteiger partial charge in [0.05, 0.1) is 0 Å². The van der Waals surface area contributed by atoms with Gasteiger partial charge in [-0.25, -0.2) is 0 Å². The molecule has 5 aliphatic rings. The lowest BCUT2D eigenvalue weighted by atomic mass is 9.74. The molecule has 4 unspecified atom stereocenters. The maximum Gasteiger partial charge on any atom is 0.192 e. The molecule has 5 rings (SSSR count). The van der Waals surface area contributed by atoms with Gasteiger partial charge in [0.25, 0.3) is 0 Å². The van der Waals surface area contributed by atoms with Crippen molar-refractivity contribution in [2.45, 2.75) is 69.8 Å². The maximum absolute atomic E-state index is 7.70. The highest BCUT2D eigenvalue weighted by atomic mass is 32.2. The molecule has 24 heavy (non-hydrogen) atoms. The zero-order chi connectivity index (χ0) is 18.8. The Kier molecular flexibility index (Phi) is 3.10. The minimum Gasteiger partial charge on any atom is -0.472 e. The molecule has 0 aromatic heterocycles. The second kappa shape index (κ2) is 5.91. The van der Waals surface area contributed by atoms with E-state index < -0.39 is 6.85 Å². The second-order valence-electron chi connectivity index (χ2n) is 7.94. The zero-order valence-corrected chi connectivity index (χ0v) is 15.1. The van der Waals surface area contributed by atoms with Crippen molar-refractivity contribution < 1.29 is 8.85 Å². The number of thioether (sulfide) groups is 1. The molecule has 4 heteroatoms. The fourth-order valence-corrected chi connectivity index (χ4v) is 6.78. The number of nitrogens with one attached hydrogen (secondary N) is 1. The van der Waals surface area contributed by atoms with Crippen LogP contribution in [-0.2, 0) is 4.74 Å². The highest BCUT2D eigenvalue weighted by Gasteiger charge is 2.48. The third-order valence-electron chi connectivity index (χ3n) is 6.45. The molecule has 0 radical (unpaired) electrons. The van der Waals surface area contributed by atoms with Crippen LogP contribution < -0.4 is 5.32 Å². The van der Waals surface area contributed by atoms with E-state index in [2.05, 4.69) is 23.3 Å². The third-order valence-corrected chi connectivity index (χ3v) is 7.79. The predicted molar refractivity (Wildman–Crippen MR) is 100 cm³/mol. The van der Waals surface area contributed by atoms with Crippen molar-refractivity contribution in [3.8, 4) is 0 Å². The van der Waals surface area contributed by atoms with Crippen LogP contribution in [0.25, 0.3) is 0 Å². The smallest absolute Gasteiger partial charge is 0.192 e. The SMILES string of the molecule is [2H]C([2H])([2H])C1=NC2OC3=C([C@@H]4NCC=C5S[C@H](C)CC54)CCCC3C2CC1. The predicted octanol–water partition coefficient (Wildman–Crippen LogP) is 4.27. The normalized spacial score (nSPS) is 46.6. The van der Waals surface area contributed by atoms with E-state index in [0.717, 1.165) is 31.6 Å². The van der Waals surface area contributed by atoms with Crippen LogP contribution in [0.2, 0.25) is 0 Å². The number of rotatable bonds is 1. The van der Waals surface area contributed by atoms with Crippen molar-refractivity contribution in [3.05, 3.63) is 22.3 Å². The summed E-state index contributed by atoms with van der Waals surface area (Å²) in [5.41, 5.74) is 1.81. The summed E-state index contributed by atoms with van der Waals surface area (Å²) >= 11 is 2.04. The lowest BCUT2D eigenvalue weighted by molar-refractivity contribution is 0.127. The van der Waals surface area contributed by atoms with Crippen LogP contribution in [0.3, 0.4) is 0 Å². The fraction of sp³-hybridized carbons (Fsp3) is 0.750. The molecule has 0 saturated carbocycles. The highest BCUT2D eigenvalue weighted by molar-refractivity contribution is 8.03. The summed E-state index contributed by atoms with van der Waals surface area (Å²) in [7, 11) is 0. The van der Waals surface area contributed by atoms with Crippen molar-refractivity contribution in [3.63, 3.8) is 0 Å². The largest absolute Gasteiger partial charge is 0.472 e. The van der Waals surface area contributed by atoms with Crippen molar-refractivity contribution in [1.82, 2.24) is 5.32 Å². The summed E-state index contributed by atoms with van der Waals surface area (Å²) in [4.78, 5) is 6.11. The van der Waals surface area contributed by atoms with Crippen LogP contribution in [0.4, 0.5) is 0 Å². The Morgan fingerprint density at radius 1 is 1.33 bits per heavy atom. The van der Waals surface area contributed by atoms with Crippen molar-refractivity contribution in [2.75, 3.05) is 6.54 Å². The minimum atomic E-state index is -2.08. The quantitative estimate of drug-likeness (QED) is 0.769. The molecule has 1 N–H and O–H groups in total. The molecule has 6 atom stereocenters. The first-order valence-electron chi connectivity index (χ1n) is 11.0. The van der Waals surface area contributed by atoms with E-state index in [9.17, 15) is 0 Å². The van der Waals surface area contributed by atoms with E-state index >= 15 is 0 Å². The van der Waals surface area contributed by atoms with Gasteiger partial charge in [-0.1, -0.05) is 13.0 Å². The summed E-state index contributed by atoms with van der Waals surface area (Å²) in [6.07, 6.45) is 8.25. The summed E-state index contributed by atoms with van der Waals surface area (Å²) in [5.74, 6) is 2.53. The van der Waals surface area contributed by atoms with Crippen molar-refractivity contribution in [2.24, 2.45) is 22.7 Å². The summed E-state index contributed by atoms with van der Waals surface area (Å²) < 4.78 is 29.5. The molecular formula is C20H28N2OS. The van der Waals surface area contributed by atoms with Gasteiger partial charge in [0, 0.05) is 45.4 Å². The Balaban J connectivity index is 1.46. The average Bonchev–Trinajstić information content (AvgIpc) is 3.19. The topological polar surface area (TPSA) is 33.6 Å². The molecular weight excluding hydrogens is 316 g/mol. The molecule has 1 aliphatic carbocycles. The Morgan fingerprint density at radius 2 is 2.29 bits per heavy atom. The fourth-order valence-electron chi connectivity index (χ4n) is 5.43. The van der Waals surface area contributed by atoms with Gasteiger partial charge in [-0.05, 0) is 55.9 Å². The molecule has 130 valence electrons. The van der Waals surface area contributed by atoms with E-state index in [1.165, 1.54) is 18.4 Å². The summed E-state index contributed by atoms with van der Waals surface area (Å²) in [6, 6.07) is 0.381. The molecule has 0 bridgehead atoms. The molecule has 0 amide bonds. The van der Waals surface area contributed by atoms with E-state index in [1.54, 1.807) is 4.91 Å². The van der Waals surface area contributed by atoms with Gasteiger partial charge >= 0.3 is 0 Å². The van der Waals surface area contributed by atoms with Crippen LogP contribution in [0.1, 0.15) is 56.4 Å². The van der Waals surface area contributed by atoms with Gasteiger partial charge in [-0.2, -0.15) is 0 Å². The van der Waals surface area contributed by atoms with Crippen LogP contribution in [0.5, 0.6) is 0 Å². The number of allylic oxidation sites excluding steroid dienone is 1. The van der Waals surface area contributed by atoms with Crippen LogP contribution in [0.15, 0.2) is 27.3 Å². The highest BCUT2D eigenvalue weighted by Crippen LogP contribution is 2.52. The number of hydrogen-bond acceptors (Lipinski definition) is 4. The van der Waals surface area contributed by atoms with Crippen molar-refractivity contribution >= 4 is 17.5 Å². The number of aliphatic imine (C=N–C) groups is 1. The minimum absolute atomic E-state index is 0.280. The Bertz CT molecular complexity index is 729. The second-order valence-corrected chi connectivity index (χ2v) is 9.45. The van der Waals surface area contributed by atoms with Crippen LogP contribution in [-0.4, -0.2) is 29.8 Å². The Morgan fingerprint density at radius 3 is 3.21 bits per heavy atom. The number of fused-ring (bicyclic) bond motifs is 4. The molecule has 4 aliphatic heterocycles. The number of nitrogens with zero attached hydrogens (tertiary/aromatic N) is 1. The molecule has 0 spiro atoms.